The van der Waals surface area contributed by atoms with Gasteiger partial charge in [-0.15, -0.1) is 0 Å². The number of benzene rings is 1. The normalized spacial score (nSPS) is 10.1. The highest BCUT2D eigenvalue weighted by molar-refractivity contribution is 14.1. The van der Waals surface area contributed by atoms with E-state index in [2.05, 4.69) is 43.4 Å². The van der Waals surface area contributed by atoms with E-state index < -0.39 is 0 Å². The van der Waals surface area contributed by atoms with Gasteiger partial charge in [-0.25, -0.2) is 0 Å². The third kappa shape index (κ3) is 3.80. The summed E-state index contributed by atoms with van der Waals surface area (Å²) in [7, 11) is 0. The predicted octanol–water partition coefficient (Wildman–Crippen LogP) is 1.69. The number of nitrogens with zero attached hydrogens (tertiary/aromatic N) is 1. The fourth-order valence-electron chi connectivity index (χ4n) is 1.57. The van der Waals surface area contributed by atoms with Gasteiger partial charge < -0.3 is 10.6 Å². The molecular weight excluding hydrogens is 371 g/mol. The van der Waals surface area contributed by atoms with Crippen molar-refractivity contribution >= 4 is 40.2 Å². The number of hydrogen-bond donors (Lipinski definition) is 3. The van der Waals surface area contributed by atoms with Crippen LogP contribution < -0.4 is 10.6 Å². The number of aryl methyl sites for hydroxylation is 1. The number of halogens is 1. The fraction of sp³-hybridized carbons (Fsp3) is 0.154. The Morgan fingerprint density at radius 2 is 2.10 bits per heavy atom. The zero-order valence-electron chi connectivity index (χ0n) is 10.7. The van der Waals surface area contributed by atoms with Gasteiger partial charge in [0.15, 0.2) is 5.82 Å². The molecule has 1 aromatic carbocycles. The molecule has 104 valence electrons. The summed E-state index contributed by atoms with van der Waals surface area (Å²) >= 11 is 2.08. The Morgan fingerprint density at radius 3 is 2.75 bits per heavy atom. The summed E-state index contributed by atoms with van der Waals surface area (Å²) in [6, 6.07) is 8.89. The van der Waals surface area contributed by atoms with Crippen molar-refractivity contribution in [3.63, 3.8) is 0 Å². The molecule has 1 aromatic heterocycles. The number of rotatable bonds is 4. The summed E-state index contributed by atoms with van der Waals surface area (Å²) in [4.78, 5) is 23.6. The summed E-state index contributed by atoms with van der Waals surface area (Å²) in [5.74, 6) is -0.157. The first-order valence-electron chi connectivity index (χ1n) is 5.91. The van der Waals surface area contributed by atoms with Gasteiger partial charge in [-0.2, -0.15) is 5.10 Å². The lowest BCUT2D eigenvalue weighted by molar-refractivity contribution is -0.115. The summed E-state index contributed by atoms with van der Waals surface area (Å²) in [5.41, 5.74) is 1.40. The monoisotopic (exact) mass is 384 g/mol. The van der Waals surface area contributed by atoms with Gasteiger partial charge in [0.05, 0.1) is 12.1 Å². The lowest BCUT2D eigenvalue weighted by atomic mass is 10.2. The molecule has 0 saturated carbocycles. The van der Waals surface area contributed by atoms with Gasteiger partial charge in [0.25, 0.3) is 5.91 Å². The van der Waals surface area contributed by atoms with Crippen molar-refractivity contribution in [2.45, 2.75) is 6.92 Å². The van der Waals surface area contributed by atoms with Crippen LogP contribution in [0, 0.1) is 10.5 Å². The largest absolute Gasteiger partial charge is 0.343 e. The highest BCUT2D eigenvalue weighted by Crippen LogP contribution is 2.10. The molecule has 2 amide bonds. The van der Waals surface area contributed by atoms with Gasteiger partial charge in [-0.3, -0.25) is 14.7 Å². The Labute approximate surface area is 129 Å². The maximum atomic E-state index is 11.9. The molecule has 1 heterocycles. The third-order valence-corrected chi connectivity index (χ3v) is 3.44. The van der Waals surface area contributed by atoms with Crippen molar-refractivity contribution in [2.24, 2.45) is 0 Å². The molecule has 0 aliphatic heterocycles. The molecule has 3 N–H and O–H groups in total. The smallest absolute Gasteiger partial charge is 0.252 e. The standard InChI is InChI=1S/C13H13IN4O2/c1-8-6-11(18-17-8)16-12(19)7-15-13(20)9-4-2-3-5-10(9)14/h2-6H,7H2,1H3,(H,15,20)(H2,16,17,18,19). The van der Waals surface area contributed by atoms with Crippen LogP contribution in [0.1, 0.15) is 16.1 Å². The van der Waals surface area contributed by atoms with Crippen molar-refractivity contribution in [3.8, 4) is 0 Å². The molecular formula is C13H13IN4O2. The third-order valence-electron chi connectivity index (χ3n) is 2.50. The van der Waals surface area contributed by atoms with E-state index in [1.807, 2.05) is 19.1 Å². The SMILES string of the molecule is Cc1cc(NC(=O)CNC(=O)c2ccccc2I)n[nH]1. The average Bonchev–Trinajstić information content (AvgIpc) is 2.82. The van der Waals surface area contributed by atoms with E-state index in [1.165, 1.54) is 0 Å². The molecule has 7 heteroatoms. The Balaban J connectivity index is 1.87. The second kappa shape index (κ2) is 6.51. The van der Waals surface area contributed by atoms with Crippen LogP contribution in [0.2, 0.25) is 0 Å². The number of carbonyl (C=O) groups excluding carboxylic acids is 2. The number of aromatic amines is 1. The highest BCUT2D eigenvalue weighted by atomic mass is 127. The van der Waals surface area contributed by atoms with E-state index in [9.17, 15) is 9.59 Å². The lowest BCUT2D eigenvalue weighted by Crippen LogP contribution is -2.33. The summed E-state index contributed by atoms with van der Waals surface area (Å²) in [6.07, 6.45) is 0. The molecule has 0 radical (unpaired) electrons. The maximum absolute atomic E-state index is 11.9. The first-order valence-corrected chi connectivity index (χ1v) is 6.99. The number of amides is 2. The molecule has 20 heavy (non-hydrogen) atoms. The van der Waals surface area contributed by atoms with Crippen LogP contribution in [-0.4, -0.2) is 28.6 Å². The first-order chi connectivity index (χ1) is 9.56. The number of nitrogens with one attached hydrogen (secondary N) is 3. The van der Waals surface area contributed by atoms with E-state index in [-0.39, 0.29) is 18.4 Å². The second-order valence-corrected chi connectivity index (χ2v) is 5.31. The number of anilines is 1. The maximum Gasteiger partial charge on any atom is 0.252 e. The van der Waals surface area contributed by atoms with Crippen LogP contribution in [0.15, 0.2) is 30.3 Å². The Morgan fingerprint density at radius 1 is 1.35 bits per heavy atom. The summed E-state index contributed by atoms with van der Waals surface area (Å²) in [5, 5.41) is 11.8. The van der Waals surface area contributed by atoms with Gasteiger partial charge >= 0.3 is 0 Å². The Kier molecular flexibility index (Phi) is 4.72. The van der Waals surface area contributed by atoms with Crippen molar-refractivity contribution < 1.29 is 9.59 Å². The number of hydrogen-bond acceptors (Lipinski definition) is 3. The molecule has 0 fully saturated rings. The van der Waals surface area contributed by atoms with Crippen LogP contribution >= 0.6 is 22.6 Å². The zero-order valence-corrected chi connectivity index (χ0v) is 12.9. The van der Waals surface area contributed by atoms with E-state index in [1.54, 1.807) is 18.2 Å². The number of aromatic nitrogens is 2. The zero-order chi connectivity index (χ0) is 14.5. The topological polar surface area (TPSA) is 86.9 Å². The van der Waals surface area contributed by atoms with Crippen molar-refractivity contribution in [1.82, 2.24) is 15.5 Å². The molecule has 0 aliphatic rings. The van der Waals surface area contributed by atoms with Gasteiger partial charge in [0.1, 0.15) is 0 Å². The van der Waals surface area contributed by atoms with Crippen LogP contribution in [0.25, 0.3) is 0 Å². The predicted molar refractivity (Wildman–Crippen MR) is 83.4 cm³/mol. The van der Waals surface area contributed by atoms with Gasteiger partial charge in [0, 0.05) is 15.3 Å². The minimum Gasteiger partial charge on any atom is -0.343 e. The van der Waals surface area contributed by atoms with Crippen LogP contribution in [0.5, 0.6) is 0 Å². The number of carbonyl (C=O) groups is 2. The Hall–Kier alpha value is -1.90. The molecule has 0 aliphatic carbocycles. The van der Waals surface area contributed by atoms with Crippen molar-refractivity contribution in [2.75, 3.05) is 11.9 Å². The van der Waals surface area contributed by atoms with E-state index in [0.717, 1.165) is 9.26 Å². The highest BCUT2D eigenvalue weighted by Gasteiger charge is 2.11. The van der Waals surface area contributed by atoms with E-state index >= 15 is 0 Å². The molecule has 0 saturated heterocycles. The van der Waals surface area contributed by atoms with Crippen molar-refractivity contribution in [3.05, 3.63) is 45.2 Å². The van der Waals surface area contributed by atoms with Crippen molar-refractivity contribution in [1.29, 1.82) is 0 Å². The fourth-order valence-corrected chi connectivity index (χ4v) is 2.20. The van der Waals surface area contributed by atoms with E-state index in [0.29, 0.717) is 11.4 Å². The van der Waals surface area contributed by atoms with Crippen LogP contribution in [-0.2, 0) is 4.79 Å². The summed E-state index contributed by atoms with van der Waals surface area (Å²) in [6.45, 7) is 1.73. The minimum atomic E-state index is -0.323. The number of H-pyrrole nitrogens is 1. The molecule has 2 rings (SSSR count). The van der Waals surface area contributed by atoms with Crippen LogP contribution in [0.3, 0.4) is 0 Å². The molecule has 6 nitrogen and oxygen atoms in total. The van der Waals surface area contributed by atoms with Gasteiger partial charge in [0.2, 0.25) is 5.91 Å². The molecule has 0 spiro atoms. The first kappa shape index (κ1) is 14.5. The quantitative estimate of drug-likeness (QED) is 0.702. The second-order valence-electron chi connectivity index (χ2n) is 4.15. The minimum absolute atomic E-state index is 0.101. The molecule has 0 bridgehead atoms. The van der Waals surface area contributed by atoms with E-state index in [4.69, 9.17) is 0 Å². The average molecular weight is 384 g/mol. The molecule has 2 aromatic rings. The summed E-state index contributed by atoms with van der Waals surface area (Å²) < 4.78 is 0.839. The molecule has 0 unspecified atom stereocenters. The lowest BCUT2D eigenvalue weighted by Gasteiger charge is -2.06. The Bertz CT molecular complexity index is 639. The van der Waals surface area contributed by atoms with Crippen LogP contribution in [0.4, 0.5) is 5.82 Å². The molecule has 0 atom stereocenters. The van der Waals surface area contributed by atoms with Gasteiger partial charge in [-0.05, 0) is 41.6 Å². The van der Waals surface area contributed by atoms with Gasteiger partial charge in [-0.1, -0.05) is 12.1 Å².